The minimum Gasteiger partial charge on any atom is -0.487 e. The Balaban J connectivity index is 1.49. The Bertz CT molecular complexity index is 1240. The fraction of sp³-hybridized carbons (Fsp3) is 0.174. The number of fused-ring (bicyclic) bond motifs is 1. The van der Waals surface area contributed by atoms with E-state index in [4.69, 9.17) is 27.9 Å². The van der Waals surface area contributed by atoms with Crippen LogP contribution >= 0.6 is 23.2 Å². The quantitative estimate of drug-likeness (QED) is 0.560. The van der Waals surface area contributed by atoms with Crippen molar-refractivity contribution in [3.05, 3.63) is 93.5 Å². The molecule has 1 amide bonds. The van der Waals surface area contributed by atoms with Gasteiger partial charge in [0.25, 0.3) is 15.9 Å². The third-order valence-electron chi connectivity index (χ3n) is 5.09. The van der Waals surface area contributed by atoms with Gasteiger partial charge in [-0.3, -0.25) is 4.79 Å². The predicted octanol–water partition coefficient (Wildman–Crippen LogP) is 5.05. The molecule has 0 radical (unpaired) electrons. The molecule has 3 aromatic rings. The lowest BCUT2D eigenvalue weighted by molar-refractivity contribution is 0.0981. The van der Waals surface area contributed by atoms with Crippen LogP contribution in [0.2, 0.25) is 10.0 Å². The van der Waals surface area contributed by atoms with Gasteiger partial charge in [-0.15, -0.1) is 0 Å². The van der Waals surface area contributed by atoms with Crippen LogP contribution in [0.1, 0.15) is 28.4 Å². The first-order valence-corrected chi connectivity index (χ1v) is 11.8. The summed E-state index contributed by atoms with van der Waals surface area (Å²) >= 11 is 11.8. The highest BCUT2D eigenvalue weighted by Gasteiger charge is 2.35. The van der Waals surface area contributed by atoms with Crippen LogP contribution < -0.4 is 9.46 Å². The monoisotopic (exact) mass is 475 g/mol. The lowest BCUT2D eigenvalue weighted by Crippen LogP contribution is -2.32. The summed E-state index contributed by atoms with van der Waals surface area (Å²) in [6.45, 7) is 2.01. The summed E-state index contributed by atoms with van der Waals surface area (Å²) in [5, 5.41) is 1.08. The minimum atomic E-state index is -4.01. The van der Waals surface area contributed by atoms with Crippen molar-refractivity contribution in [2.24, 2.45) is 0 Å². The summed E-state index contributed by atoms with van der Waals surface area (Å²) in [5.74, 6) is -0.0161. The number of nitrogens with one attached hydrogen (secondary N) is 1. The zero-order chi connectivity index (χ0) is 22.2. The molecule has 160 valence electrons. The van der Waals surface area contributed by atoms with E-state index in [1.807, 2.05) is 31.2 Å². The van der Waals surface area contributed by atoms with E-state index >= 15 is 0 Å². The van der Waals surface area contributed by atoms with Gasteiger partial charge >= 0.3 is 0 Å². The van der Waals surface area contributed by atoms with E-state index in [-0.39, 0.29) is 10.5 Å². The van der Waals surface area contributed by atoms with Crippen molar-refractivity contribution >= 4 is 39.1 Å². The molecule has 1 aliphatic rings. The molecule has 4 rings (SSSR count). The number of hydrogen-bond acceptors (Lipinski definition) is 4. The summed E-state index contributed by atoms with van der Waals surface area (Å²) in [6, 6.07) is 18.1. The smallest absolute Gasteiger partial charge is 0.265 e. The molecule has 1 N–H and O–H groups in total. The predicted molar refractivity (Wildman–Crippen MR) is 120 cm³/mol. The molecule has 0 bridgehead atoms. The molecule has 0 saturated heterocycles. The fourth-order valence-electron chi connectivity index (χ4n) is 3.65. The van der Waals surface area contributed by atoms with E-state index in [0.717, 1.165) is 11.1 Å². The maximum Gasteiger partial charge on any atom is 0.265 e. The second-order valence-corrected chi connectivity index (χ2v) is 10.3. The van der Waals surface area contributed by atoms with Gasteiger partial charge in [0.05, 0.1) is 4.90 Å². The summed E-state index contributed by atoms with van der Waals surface area (Å²) in [7, 11) is -4.01. The Kier molecular flexibility index (Phi) is 5.73. The van der Waals surface area contributed by atoms with Crippen molar-refractivity contribution < 1.29 is 17.9 Å². The maximum atomic E-state index is 12.6. The van der Waals surface area contributed by atoms with Crippen LogP contribution in [0, 0.1) is 0 Å². The standard InChI is InChI=1S/C23H19Cl2NO4S/c1-23(13-15-2-5-18(24)6-3-15)14-17-12-16(4-11-21(17)30-23)22(27)26-31(28,29)20-9-7-19(25)8-10-20/h2-12H,13-14H2,1H3,(H,26,27)/t23-/m1/s1. The van der Waals surface area contributed by atoms with Gasteiger partial charge in [-0.2, -0.15) is 0 Å². The number of carbonyl (C=O) groups is 1. The molecule has 0 aromatic heterocycles. The number of carbonyl (C=O) groups excluding carboxylic acids is 1. The van der Waals surface area contributed by atoms with Crippen molar-refractivity contribution in [2.75, 3.05) is 0 Å². The Morgan fingerprint density at radius 1 is 1.00 bits per heavy atom. The molecule has 0 unspecified atom stereocenters. The van der Waals surface area contributed by atoms with E-state index in [2.05, 4.69) is 4.72 Å². The maximum absolute atomic E-state index is 12.6. The summed E-state index contributed by atoms with van der Waals surface area (Å²) in [6.07, 6.45) is 1.27. The second-order valence-electron chi connectivity index (χ2n) is 7.74. The molecule has 31 heavy (non-hydrogen) atoms. The SMILES string of the molecule is C[C@@]1(Cc2ccc(Cl)cc2)Cc2cc(C(=O)NS(=O)(=O)c3ccc(Cl)cc3)ccc2O1. The highest BCUT2D eigenvalue weighted by Crippen LogP contribution is 2.37. The molecular weight excluding hydrogens is 457 g/mol. The molecule has 1 aliphatic heterocycles. The summed E-state index contributed by atoms with van der Waals surface area (Å²) < 4.78 is 33.2. The third-order valence-corrected chi connectivity index (χ3v) is 6.94. The van der Waals surface area contributed by atoms with Gasteiger partial charge in [0.2, 0.25) is 0 Å². The molecule has 5 nitrogen and oxygen atoms in total. The van der Waals surface area contributed by atoms with Crippen LogP contribution in [0.15, 0.2) is 71.6 Å². The van der Waals surface area contributed by atoms with Crippen LogP contribution in [0.25, 0.3) is 0 Å². The normalized spacial score (nSPS) is 17.6. The van der Waals surface area contributed by atoms with Gasteiger partial charge < -0.3 is 4.74 Å². The number of rotatable bonds is 5. The molecule has 8 heteroatoms. The number of amides is 1. The lowest BCUT2D eigenvalue weighted by Gasteiger charge is -2.24. The topological polar surface area (TPSA) is 72.5 Å². The lowest BCUT2D eigenvalue weighted by atomic mass is 9.91. The molecule has 0 saturated carbocycles. The average molecular weight is 476 g/mol. The first-order chi connectivity index (χ1) is 14.6. The number of ether oxygens (including phenoxy) is 1. The number of halogens is 2. The minimum absolute atomic E-state index is 0.0368. The van der Waals surface area contributed by atoms with Crippen molar-refractivity contribution in [3.8, 4) is 5.75 Å². The second kappa shape index (κ2) is 8.19. The van der Waals surface area contributed by atoms with E-state index < -0.39 is 21.5 Å². The summed E-state index contributed by atoms with van der Waals surface area (Å²) in [4.78, 5) is 12.6. The molecule has 1 atom stereocenters. The van der Waals surface area contributed by atoms with Crippen LogP contribution in [0.4, 0.5) is 0 Å². The average Bonchev–Trinajstić information content (AvgIpc) is 3.04. The van der Waals surface area contributed by atoms with Crippen LogP contribution in [0.3, 0.4) is 0 Å². The Morgan fingerprint density at radius 2 is 1.61 bits per heavy atom. The number of benzene rings is 3. The van der Waals surface area contributed by atoms with Gasteiger partial charge in [-0.05, 0) is 72.6 Å². The highest BCUT2D eigenvalue weighted by molar-refractivity contribution is 7.90. The Labute approximate surface area is 191 Å². The van der Waals surface area contributed by atoms with E-state index in [1.165, 1.54) is 24.3 Å². The first-order valence-electron chi connectivity index (χ1n) is 9.53. The van der Waals surface area contributed by atoms with E-state index in [1.54, 1.807) is 18.2 Å². The molecule has 1 heterocycles. The molecule has 3 aromatic carbocycles. The van der Waals surface area contributed by atoms with Gasteiger partial charge in [0.1, 0.15) is 11.4 Å². The van der Waals surface area contributed by atoms with E-state index in [0.29, 0.717) is 28.6 Å². The Morgan fingerprint density at radius 3 is 2.26 bits per heavy atom. The zero-order valence-electron chi connectivity index (χ0n) is 16.6. The van der Waals surface area contributed by atoms with Crippen molar-refractivity contribution in [2.45, 2.75) is 30.3 Å². The highest BCUT2D eigenvalue weighted by atomic mass is 35.5. The van der Waals surface area contributed by atoms with Crippen molar-refractivity contribution in [1.29, 1.82) is 0 Å². The van der Waals surface area contributed by atoms with Gasteiger partial charge in [-0.1, -0.05) is 35.3 Å². The van der Waals surface area contributed by atoms with Gasteiger partial charge in [0.15, 0.2) is 0 Å². The Hall–Kier alpha value is -2.54. The zero-order valence-corrected chi connectivity index (χ0v) is 18.9. The molecule has 0 spiro atoms. The van der Waals surface area contributed by atoms with Crippen LogP contribution in [-0.4, -0.2) is 19.9 Å². The molecular formula is C23H19Cl2NO4S. The fourth-order valence-corrected chi connectivity index (χ4v) is 4.88. The third kappa shape index (κ3) is 4.87. The largest absolute Gasteiger partial charge is 0.487 e. The first kappa shape index (κ1) is 21.7. The number of sulfonamides is 1. The van der Waals surface area contributed by atoms with Crippen molar-refractivity contribution in [1.82, 2.24) is 4.72 Å². The number of hydrogen-bond donors (Lipinski definition) is 1. The molecule has 0 fully saturated rings. The van der Waals surface area contributed by atoms with Gasteiger partial charge in [-0.25, -0.2) is 13.1 Å². The van der Waals surface area contributed by atoms with Crippen LogP contribution in [0.5, 0.6) is 5.75 Å². The molecule has 0 aliphatic carbocycles. The van der Waals surface area contributed by atoms with Crippen LogP contribution in [-0.2, 0) is 22.9 Å². The summed E-state index contributed by atoms with van der Waals surface area (Å²) in [5.41, 5.74) is 1.72. The van der Waals surface area contributed by atoms with E-state index in [9.17, 15) is 13.2 Å². The van der Waals surface area contributed by atoms with Gasteiger partial charge in [0, 0.05) is 28.5 Å². The van der Waals surface area contributed by atoms with Crippen molar-refractivity contribution in [3.63, 3.8) is 0 Å².